The van der Waals surface area contributed by atoms with Gasteiger partial charge in [0.05, 0.1) is 0 Å². The number of ether oxygens (including phenoxy) is 2. The Balaban J connectivity index is 1.55. The van der Waals surface area contributed by atoms with Crippen LogP contribution in [-0.4, -0.2) is 22.8 Å². The van der Waals surface area contributed by atoms with Crippen molar-refractivity contribution in [3.8, 4) is 34.0 Å². The molecular weight excluding hydrogens is 514 g/mol. The van der Waals surface area contributed by atoms with Crippen LogP contribution in [0.3, 0.4) is 0 Å². The van der Waals surface area contributed by atoms with Gasteiger partial charge in [0.2, 0.25) is 6.86 Å². The number of carbonyl (C=O) groups excluding carboxylic acids is 1. The minimum Gasteiger partial charge on any atom is -0.457 e. The molecule has 0 N–H and O–H groups in total. The van der Waals surface area contributed by atoms with Crippen LogP contribution >= 0.6 is 0 Å². The first-order valence-electron chi connectivity index (χ1n) is 11.2. The molecule has 196 valence electrons. The smallest absolute Gasteiger partial charge is 0.349 e. The highest BCUT2D eigenvalue weighted by atomic mass is 19.2. The van der Waals surface area contributed by atoms with Crippen molar-refractivity contribution in [2.45, 2.75) is 19.8 Å². The molecule has 0 fully saturated rings. The van der Waals surface area contributed by atoms with Gasteiger partial charge in [-0.15, -0.1) is 0 Å². The minimum atomic E-state index is -1.47. The van der Waals surface area contributed by atoms with Gasteiger partial charge >= 0.3 is 5.97 Å². The molecule has 0 radical (unpaired) electrons. The zero-order chi connectivity index (χ0) is 27.4. The van der Waals surface area contributed by atoms with E-state index in [2.05, 4.69) is 14.7 Å². The Hall–Kier alpha value is -4.41. The predicted octanol–water partition coefficient (Wildman–Crippen LogP) is 6.98. The molecule has 38 heavy (non-hydrogen) atoms. The van der Waals surface area contributed by atoms with Crippen LogP contribution in [0, 0.1) is 29.1 Å². The monoisotopic (exact) mass is 532 g/mol. The van der Waals surface area contributed by atoms with Crippen molar-refractivity contribution in [1.82, 2.24) is 9.97 Å². The van der Waals surface area contributed by atoms with Crippen molar-refractivity contribution in [3.63, 3.8) is 0 Å². The number of aryl methyl sites for hydroxylation is 1. The number of rotatable bonds is 8. The van der Waals surface area contributed by atoms with Crippen molar-refractivity contribution in [3.05, 3.63) is 95.1 Å². The summed E-state index contributed by atoms with van der Waals surface area (Å²) in [4.78, 5) is 20.6. The lowest BCUT2D eigenvalue weighted by atomic mass is 10.0. The molecule has 3 aromatic carbocycles. The van der Waals surface area contributed by atoms with Gasteiger partial charge in [-0.25, -0.2) is 41.1 Å². The summed E-state index contributed by atoms with van der Waals surface area (Å²) in [6.07, 6.45) is 4.69. The summed E-state index contributed by atoms with van der Waals surface area (Å²) < 4.78 is 93.5. The number of alkyl halides is 1. The third-order valence-corrected chi connectivity index (χ3v) is 5.41. The SMILES string of the molecule is CCCc1cnc(-c2cc(F)c(C(=O)Oc3ccc(-c4cc(F)c(OCF)c(F)c4)c(F)c3)c(F)c2)nc1. The van der Waals surface area contributed by atoms with Crippen molar-refractivity contribution in [2.75, 3.05) is 6.86 Å². The van der Waals surface area contributed by atoms with E-state index in [0.29, 0.717) is 6.07 Å². The average molecular weight is 532 g/mol. The molecule has 0 aliphatic carbocycles. The van der Waals surface area contributed by atoms with Gasteiger partial charge in [-0.1, -0.05) is 13.3 Å². The largest absolute Gasteiger partial charge is 0.457 e. The van der Waals surface area contributed by atoms with Gasteiger partial charge in [-0.05, 0) is 53.9 Å². The van der Waals surface area contributed by atoms with Gasteiger partial charge in [0.15, 0.2) is 23.2 Å². The fourth-order valence-corrected chi connectivity index (χ4v) is 3.68. The molecule has 0 saturated carbocycles. The fourth-order valence-electron chi connectivity index (χ4n) is 3.68. The first-order valence-corrected chi connectivity index (χ1v) is 11.2. The van der Waals surface area contributed by atoms with Crippen molar-refractivity contribution in [2.24, 2.45) is 0 Å². The van der Waals surface area contributed by atoms with Gasteiger partial charge in [0.1, 0.15) is 28.8 Å². The normalized spacial score (nSPS) is 10.9. The maximum Gasteiger partial charge on any atom is 0.349 e. The van der Waals surface area contributed by atoms with E-state index in [-0.39, 0.29) is 22.5 Å². The van der Waals surface area contributed by atoms with Crippen LogP contribution in [0.5, 0.6) is 11.5 Å². The van der Waals surface area contributed by atoms with Crippen LogP contribution in [0.1, 0.15) is 29.3 Å². The van der Waals surface area contributed by atoms with Gasteiger partial charge in [0, 0.05) is 29.6 Å². The molecule has 0 bridgehead atoms. The maximum atomic E-state index is 14.7. The molecule has 0 atom stereocenters. The lowest BCUT2D eigenvalue weighted by Crippen LogP contribution is -2.14. The summed E-state index contributed by atoms with van der Waals surface area (Å²) in [7, 11) is 0. The second-order valence-corrected chi connectivity index (χ2v) is 8.03. The standard InChI is InChI=1S/C27H18F6N2O3/c1-2-3-14-11-34-26(35-12-14)16-8-20(30)24(21(31)9-16)27(36)38-17-4-5-18(19(29)10-17)15-6-22(32)25(37-13-28)23(33)7-15/h4-12H,2-3,13H2,1H3. The van der Waals surface area contributed by atoms with Crippen molar-refractivity contribution in [1.29, 1.82) is 0 Å². The van der Waals surface area contributed by atoms with Crippen molar-refractivity contribution < 1.29 is 40.6 Å². The van der Waals surface area contributed by atoms with Crippen LogP contribution in [0.15, 0.2) is 54.9 Å². The zero-order valence-electron chi connectivity index (χ0n) is 19.7. The van der Waals surface area contributed by atoms with Crippen LogP contribution in [0.2, 0.25) is 0 Å². The molecule has 1 aromatic heterocycles. The van der Waals surface area contributed by atoms with Gasteiger partial charge < -0.3 is 9.47 Å². The minimum absolute atomic E-state index is 0.00241. The number of benzene rings is 3. The first kappa shape index (κ1) is 26.6. The van der Waals surface area contributed by atoms with E-state index in [0.717, 1.165) is 54.8 Å². The topological polar surface area (TPSA) is 61.3 Å². The van der Waals surface area contributed by atoms with E-state index in [9.17, 15) is 31.1 Å². The molecule has 0 aliphatic rings. The molecule has 0 aliphatic heterocycles. The number of hydrogen-bond donors (Lipinski definition) is 0. The van der Waals surface area contributed by atoms with Crippen LogP contribution < -0.4 is 9.47 Å². The molecule has 1 heterocycles. The van der Waals surface area contributed by atoms with E-state index in [4.69, 9.17) is 4.74 Å². The van der Waals surface area contributed by atoms with E-state index >= 15 is 0 Å². The van der Waals surface area contributed by atoms with Gasteiger partial charge in [-0.3, -0.25) is 0 Å². The third kappa shape index (κ3) is 5.61. The Morgan fingerprint density at radius 1 is 0.816 bits per heavy atom. The predicted molar refractivity (Wildman–Crippen MR) is 125 cm³/mol. The quantitative estimate of drug-likeness (QED) is 0.139. The van der Waals surface area contributed by atoms with E-state index in [1.165, 1.54) is 12.4 Å². The lowest BCUT2D eigenvalue weighted by Gasteiger charge is -2.11. The second kappa shape index (κ2) is 11.3. The number of esters is 1. The summed E-state index contributed by atoms with van der Waals surface area (Å²) in [6.45, 7) is 0.512. The number of aromatic nitrogens is 2. The second-order valence-electron chi connectivity index (χ2n) is 8.03. The number of halogens is 6. The average Bonchev–Trinajstić information content (AvgIpc) is 2.86. The Morgan fingerprint density at radius 2 is 1.42 bits per heavy atom. The summed E-state index contributed by atoms with van der Waals surface area (Å²) in [5.74, 6) is -8.85. The number of carbonyl (C=O) groups is 1. The molecule has 4 rings (SSSR count). The highest BCUT2D eigenvalue weighted by molar-refractivity contribution is 5.92. The summed E-state index contributed by atoms with van der Waals surface area (Å²) in [5, 5.41) is 0. The Kier molecular flexibility index (Phi) is 7.94. The Morgan fingerprint density at radius 3 is 1.97 bits per heavy atom. The highest BCUT2D eigenvalue weighted by Gasteiger charge is 2.23. The molecule has 0 unspecified atom stereocenters. The first-order chi connectivity index (χ1) is 18.2. The van der Waals surface area contributed by atoms with E-state index in [1.54, 1.807) is 0 Å². The molecule has 4 aromatic rings. The molecule has 0 amide bonds. The lowest BCUT2D eigenvalue weighted by molar-refractivity contribution is 0.0724. The molecule has 0 spiro atoms. The molecule has 0 saturated heterocycles. The van der Waals surface area contributed by atoms with Crippen LogP contribution in [-0.2, 0) is 6.42 Å². The van der Waals surface area contributed by atoms with E-state index in [1.807, 2.05) is 6.92 Å². The summed E-state index contributed by atoms with van der Waals surface area (Å²) in [6, 6.07) is 6.00. The number of nitrogens with zero attached hydrogens (tertiary/aromatic N) is 2. The van der Waals surface area contributed by atoms with Gasteiger partial charge in [-0.2, -0.15) is 0 Å². The van der Waals surface area contributed by atoms with Crippen LogP contribution in [0.4, 0.5) is 26.3 Å². The molecular formula is C27H18F6N2O3. The van der Waals surface area contributed by atoms with Crippen molar-refractivity contribution >= 4 is 5.97 Å². The maximum absolute atomic E-state index is 14.7. The fraction of sp³-hybridized carbons (Fsp3) is 0.148. The molecule has 5 nitrogen and oxygen atoms in total. The molecule has 11 heteroatoms. The zero-order valence-corrected chi connectivity index (χ0v) is 19.7. The van der Waals surface area contributed by atoms with Gasteiger partial charge in [0.25, 0.3) is 0 Å². The summed E-state index contributed by atoms with van der Waals surface area (Å²) in [5.41, 5.74) is -0.708. The highest BCUT2D eigenvalue weighted by Crippen LogP contribution is 2.32. The number of hydrogen-bond acceptors (Lipinski definition) is 5. The Labute approximate surface area is 212 Å². The van der Waals surface area contributed by atoms with E-state index < -0.39 is 59.0 Å². The Bertz CT molecular complexity index is 1450. The summed E-state index contributed by atoms with van der Waals surface area (Å²) >= 11 is 0. The van der Waals surface area contributed by atoms with Crippen LogP contribution in [0.25, 0.3) is 22.5 Å². The third-order valence-electron chi connectivity index (χ3n) is 5.41.